The average Bonchev–Trinajstić information content (AvgIpc) is 3.34. The molecule has 0 bridgehead atoms. The van der Waals surface area contributed by atoms with Crippen molar-refractivity contribution in [1.82, 2.24) is 19.9 Å². The number of ether oxygens (including phenoxy) is 1. The Morgan fingerprint density at radius 1 is 0.969 bits per heavy atom. The van der Waals surface area contributed by atoms with E-state index in [1.54, 1.807) is 43.1 Å². The molecule has 158 valence electrons. The minimum Gasteiger partial charge on any atom is -0.497 e. The molecule has 0 spiro atoms. The Kier molecular flexibility index (Phi) is 5.20. The Balaban J connectivity index is 1.68. The first kappa shape index (κ1) is 20.0. The standard InChI is InChI=1S/C24H18N4O3S/c1-30-17-7-5-6-16(14-17)28-24(29)20-9-4-3-8-19(20)21(26-28)23-25-22(27-31-23)15-10-12-18(32-2)13-11-15/h3-14H,1-2H3. The summed E-state index contributed by atoms with van der Waals surface area (Å²) in [6.07, 6.45) is 2.02. The van der Waals surface area contributed by atoms with Gasteiger partial charge in [0.1, 0.15) is 5.75 Å². The molecule has 5 aromatic rings. The number of methoxy groups -OCH3 is 1. The second-order valence-corrected chi connectivity index (χ2v) is 7.84. The maximum Gasteiger partial charge on any atom is 0.279 e. The second-order valence-electron chi connectivity index (χ2n) is 6.96. The first-order chi connectivity index (χ1) is 15.7. The Bertz CT molecular complexity index is 1480. The van der Waals surface area contributed by atoms with Gasteiger partial charge in [-0.15, -0.1) is 11.8 Å². The minimum absolute atomic E-state index is 0.238. The van der Waals surface area contributed by atoms with E-state index in [4.69, 9.17) is 9.26 Å². The molecule has 0 fully saturated rings. The van der Waals surface area contributed by atoms with Gasteiger partial charge in [0.05, 0.1) is 18.2 Å². The summed E-state index contributed by atoms with van der Waals surface area (Å²) in [5.74, 6) is 1.32. The molecule has 0 aliphatic carbocycles. The van der Waals surface area contributed by atoms with Crippen LogP contribution in [0.1, 0.15) is 0 Å². The first-order valence-corrected chi connectivity index (χ1v) is 11.1. The lowest BCUT2D eigenvalue weighted by atomic mass is 10.1. The Morgan fingerprint density at radius 3 is 2.50 bits per heavy atom. The summed E-state index contributed by atoms with van der Waals surface area (Å²) < 4.78 is 12.2. The zero-order valence-corrected chi connectivity index (χ0v) is 18.2. The van der Waals surface area contributed by atoms with Crippen LogP contribution in [0.2, 0.25) is 0 Å². The van der Waals surface area contributed by atoms with E-state index in [-0.39, 0.29) is 11.4 Å². The van der Waals surface area contributed by atoms with Gasteiger partial charge >= 0.3 is 0 Å². The minimum atomic E-state index is -0.245. The van der Waals surface area contributed by atoms with Gasteiger partial charge in [-0.05, 0) is 48.7 Å². The van der Waals surface area contributed by atoms with Crippen LogP contribution in [-0.4, -0.2) is 33.3 Å². The van der Waals surface area contributed by atoms with E-state index in [0.717, 1.165) is 10.5 Å². The van der Waals surface area contributed by atoms with Crippen molar-refractivity contribution in [2.45, 2.75) is 4.90 Å². The zero-order valence-electron chi connectivity index (χ0n) is 17.4. The summed E-state index contributed by atoms with van der Waals surface area (Å²) in [7, 11) is 1.58. The van der Waals surface area contributed by atoms with Gasteiger partial charge in [-0.1, -0.05) is 29.4 Å². The highest BCUT2D eigenvalue weighted by Gasteiger charge is 2.19. The molecule has 32 heavy (non-hydrogen) atoms. The zero-order chi connectivity index (χ0) is 22.1. The van der Waals surface area contributed by atoms with E-state index in [0.29, 0.717) is 33.7 Å². The molecule has 2 heterocycles. The maximum atomic E-state index is 13.2. The molecule has 3 aromatic carbocycles. The van der Waals surface area contributed by atoms with Crippen molar-refractivity contribution in [1.29, 1.82) is 0 Å². The van der Waals surface area contributed by atoms with E-state index in [9.17, 15) is 4.79 Å². The quantitative estimate of drug-likeness (QED) is 0.360. The average molecular weight is 443 g/mol. The van der Waals surface area contributed by atoms with Gasteiger partial charge in [0.25, 0.3) is 11.4 Å². The van der Waals surface area contributed by atoms with Gasteiger partial charge in [0.2, 0.25) is 5.82 Å². The predicted octanol–water partition coefficient (Wildman–Crippen LogP) is 4.83. The summed E-state index contributed by atoms with van der Waals surface area (Å²) in [6.45, 7) is 0. The van der Waals surface area contributed by atoms with Crippen molar-refractivity contribution in [3.05, 3.63) is 83.2 Å². The van der Waals surface area contributed by atoms with Crippen LogP contribution in [0.15, 0.2) is 87.0 Å². The number of benzene rings is 3. The number of thioether (sulfide) groups is 1. The summed E-state index contributed by atoms with van der Waals surface area (Å²) in [5.41, 5.74) is 1.60. The molecule has 0 amide bonds. The van der Waals surface area contributed by atoms with Crippen molar-refractivity contribution in [2.24, 2.45) is 0 Å². The third-order valence-corrected chi connectivity index (χ3v) is 5.82. The topological polar surface area (TPSA) is 83.0 Å². The van der Waals surface area contributed by atoms with E-state index < -0.39 is 0 Å². The lowest BCUT2D eigenvalue weighted by Gasteiger charge is -2.10. The van der Waals surface area contributed by atoms with Crippen LogP contribution in [0.25, 0.3) is 39.4 Å². The summed E-state index contributed by atoms with van der Waals surface area (Å²) in [6, 6.07) is 22.3. The van der Waals surface area contributed by atoms with E-state index in [1.807, 2.05) is 54.8 Å². The van der Waals surface area contributed by atoms with Gasteiger partial charge in [-0.2, -0.15) is 14.8 Å². The molecule has 0 aliphatic rings. The van der Waals surface area contributed by atoms with E-state index in [1.165, 1.54) is 4.68 Å². The largest absolute Gasteiger partial charge is 0.497 e. The molecule has 8 heteroatoms. The van der Waals surface area contributed by atoms with Crippen molar-refractivity contribution in [3.63, 3.8) is 0 Å². The molecule has 0 saturated carbocycles. The highest BCUT2D eigenvalue weighted by molar-refractivity contribution is 7.98. The molecule has 0 atom stereocenters. The molecular formula is C24H18N4O3S. The number of hydrogen-bond acceptors (Lipinski definition) is 7. The third-order valence-electron chi connectivity index (χ3n) is 5.08. The van der Waals surface area contributed by atoms with Crippen LogP contribution in [0, 0.1) is 0 Å². The highest BCUT2D eigenvalue weighted by Crippen LogP contribution is 2.27. The molecule has 0 saturated heterocycles. The fourth-order valence-electron chi connectivity index (χ4n) is 3.44. The SMILES string of the molecule is COc1cccc(-n2nc(-c3nc(-c4ccc(SC)cc4)no3)c3ccccc3c2=O)c1. The van der Waals surface area contributed by atoms with E-state index in [2.05, 4.69) is 15.2 Å². The van der Waals surface area contributed by atoms with Crippen LogP contribution in [0.4, 0.5) is 0 Å². The highest BCUT2D eigenvalue weighted by atomic mass is 32.2. The Morgan fingerprint density at radius 2 is 1.75 bits per heavy atom. The van der Waals surface area contributed by atoms with Crippen LogP contribution < -0.4 is 10.3 Å². The van der Waals surface area contributed by atoms with Crippen molar-refractivity contribution in [3.8, 4) is 34.4 Å². The molecule has 0 radical (unpaired) electrons. The van der Waals surface area contributed by atoms with E-state index >= 15 is 0 Å². The second kappa shape index (κ2) is 8.32. The Labute approximate surface area is 187 Å². The summed E-state index contributed by atoms with van der Waals surface area (Å²) in [4.78, 5) is 18.9. The van der Waals surface area contributed by atoms with Gasteiger partial charge in [-0.3, -0.25) is 4.79 Å². The van der Waals surface area contributed by atoms with Crippen LogP contribution in [0.3, 0.4) is 0 Å². The number of hydrogen-bond donors (Lipinski definition) is 0. The van der Waals surface area contributed by atoms with Crippen LogP contribution in [-0.2, 0) is 0 Å². The number of nitrogens with zero attached hydrogens (tertiary/aromatic N) is 4. The van der Waals surface area contributed by atoms with Crippen LogP contribution >= 0.6 is 11.8 Å². The smallest absolute Gasteiger partial charge is 0.279 e. The molecule has 2 aromatic heterocycles. The van der Waals surface area contributed by atoms with Crippen molar-refractivity contribution in [2.75, 3.05) is 13.4 Å². The maximum absolute atomic E-state index is 13.2. The van der Waals surface area contributed by atoms with Gasteiger partial charge < -0.3 is 9.26 Å². The fourth-order valence-corrected chi connectivity index (χ4v) is 3.85. The monoisotopic (exact) mass is 442 g/mol. The van der Waals surface area contributed by atoms with Gasteiger partial charge in [0.15, 0.2) is 5.69 Å². The molecule has 0 N–H and O–H groups in total. The number of fused-ring (bicyclic) bond motifs is 1. The predicted molar refractivity (Wildman–Crippen MR) is 124 cm³/mol. The summed E-state index contributed by atoms with van der Waals surface area (Å²) in [5, 5.41) is 9.88. The lowest BCUT2D eigenvalue weighted by molar-refractivity contribution is 0.414. The number of rotatable bonds is 5. The molecular weight excluding hydrogens is 424 g/mol. The Hall–Kier alpha value is -3.91. The fraction of sp³-hybridized carbons (Fsp3) is 0.0833. The van der Waals surface area contributed by atoms with Crippen molar-refractivity contribution < 1.29 is 9.26 Å². The third kappa shape index (κ3) is 3.54. The molecule has 0 aliphatic heterocycles. The number of aromatic nitrogens is 4. The lowest BCUT2D eigenvalue weighted by Crippen LogP contribution is -2.22. The van der Waals surface area contributed by atoms with Gasteiger partial charge in [0, 0.05) is 21.9 Å². The molecule has 0 unspecified atom stereocenters. The van der Waals surface area contributed by atoms with Gasteiger partial charge in [-0.25, -0.2) is 0 Å². The summed E-state index contributed by atoms with van der Waals surface area (Å²) >= 11 is 1.66. The van der Waals surface area contributed by atoms with Crippen LogP contribution in [0.5, 0.6) is 5.75 Å². The first-order valence-electron chi connectivity index (χ1n) is 9.83. The molecule has 5 rings (SSSR count). The van der Waals surface area contributed by atoms with Crippen molar-refractivity contribution >= 4 is 22.5 Å². The normalized spacial score (nSPS) is 11.1. The molecule has 7 nitrogen and oxygen atoms in total.